The minimum atomic E-state index is -4.40. The number of phosphoric acid groups is 1. The molecule has 45 heavy (non-hydrogen) atoms. The third kappa shape index (κ3) is 29.6. The monoisotopic (exact) mass is 656 g/mol. The summed E-state index contributed by atoms with van der Waals surface area (Å²) in [5, 5.41) is 23.8. The van der Waals surface area contributed by atoms with Gasteiger partial charge in [-0.15, -0.1) is 0 Å². The molecule has 6 N–H and O–H groups in total. The molecular weight excluding hydrogens is 591 g/mol. The van der Waals surface area contributed by atoms with Gasteiger partial charge in [-0.2, -0.15) is 0 Å². The lowest BCUT2D eigenvalue weighted by atomic mass is 10.0. The number of hydrogen-bond donors (Lipinski definition) is 5. The van der Waals surface area contributed by atoms with Crippen molar-refractivity contribution < 1.29 is 33.5 Å². The van der Waals surface area contributed by atoms with Gasteiger partial charge in [0.25, 0.3) is 0 Å². The van der Waals surface area contributed by atoms with E-state index in [9.17, 15) is 24.5 Å². The first kappa shape index (κ1) is 43.4. The predicted octanol–water partition coefficient (Wildman–Crippen LogP) is 7.57. The summed E-state index contributed by atoms with van der Waals surface area (Å²) in [6, 6.07) is -1.01. The Bertz CT molecular complexity index is 863. The number of nitrogens with two attached hydrogens (primary N) is 1. The third-order valence-corrected chi connectivity index (χ3v) is 8.15. The second-order valence-electron chi connectivity index (χ2n) is 11.5. The molecule has 0 saturated carbocycles. The summed E-state index contributed by atoms with van der Waals surface area (Å²) in [7, 11) is -4.40. The van der Waals surface area contributed by atoms with Crippen LogP contribution in [0.3, 0.4) is 0 Å². The number of allylic oxidation sites excluding steroid dienone is 7. The lowest BCUT2D eigenvalue weighted by Gasteiger charge is -2.24. The zero-order chi connectivity index (χ0) is 33.4. The third-order valence-electron chi connectivity index (χ3n) is 7.17. The first-order valence-corrected chi connectivity index (χ1v) is 18.8. The second kappa shape index (κ2) is 31.0. The van der Waals surface area contributed by atoms with Gasteiger partial charge in [0.15, 0.2) is 0 Å². The Morgan fingerprint density at radius 2 is 1.33 bits per heavy atom. The number of carbonyl (C=O) groups excluding carboxylic acids is 1. The van der Waals surface area contributed by atoms with E-state index in [1.807, 2.05) is 0 Å². The van der Waals surface area contributed by atoms with Gasteiger partial charge < -0.3 is 26.2 Å². The van der Waals surface area contributed by atoms with Gasteiger partial charge in [-0.1, -0.05) is 107 Å². The fraction of sp³-hybridized carbons (Fsp3) is 0.743. The SMILES string of the molecule is CC/C=C/CC/C=C/CC/C=C/C(O)C(COP(=O)(O)OCCN)NC(=O)CC(O)CCCCCCC/C=C\CCCCCC. The molecule has 0 aliphatic carbocycles. The maximum atomic E-state index is 12.7. The molecular formula is C35H65N2O7P. The number of rotatable bonds is 31. The van der Waals surface area contributed by atoms with Gasteiger partial charge in [0.05, 0.1) is 37.9 Å². The van der Waals surface area contributed by atoms with Crippen molar-refractivity contribution in [2.24, 2.45) is 5.73 Å². The number of phosphoric ester groups is 1. The van der Waals surface area contributed by atoms with Gasteiger partial charge in [-0.3, -0.25) is 13.8 Å². The quantitative estimate of drug-likeness (QED) is 0.0291. The highest BCUT2D eigenvalue weighted by Crippen LogP contribution is 2.43. The van der Waals surface area contributed by atoms with E-state index in [4.69, 9.17) is 14.8 Å². The Kier molecular flexibility index (Phi) is 30.0. The van der Waals surface area contributed by atoms with Crippen LogP contribution in [0.5, 0.6) is 0 Å². The first-order chi connectivity index (χ1) is 21.8. The van der Waals surface area contributed by atoms with Gasteiger partial charge in [0, 0.05) is 6.54 Å². The Morgan fingerprint density at radius 3 is 1.96 bits per heavy atom. The van der Waals surface area contributed by atoms with E-state index in [0.717, 1.165) is 57.8 Å². The predicted molar refractivity (Wildman–Crippen MR) is 186 cm³/mol. The van der Waals surface area contributed by atoms with Gasteiger partial charge in [-0.25, -0.2) is 4.57 Å². The zero-order valence-corrected chi connectivity index (χ0v) is 29.1. The first-order valence-electron chi connectivity index (χ1n) is 17.3. The molecule has 0 aliphatic rings. The molecule has 0 bridgehead atoms. The van der Waals surface area contributed by atoms with Crippen molar-refractivity contribution in [1.29, 1.82) is 0 Å². The smallest absolute Gasteiger partial charge is 0.393 e. The standard InChI is InChI=1S/C35H65N2O7P/c1-3-5-7-9-11-13-15-16-17-18-20-22-24-26-32(38)30-35(40)37-33(31-44-45(41,42)43-29-28-36)34(39)27-25-23-21-19-14-12-10-8-6-4-2/h6,8,13-15,19,25,27,32-34,38-39H,3-5,7,9-12,16-18,20-24,26,28-31,36H2,1-2H3,(H,37,40)(H,41,42)/b8-6+,15-13-,19-14+,27-25+. The van der Waals surface area contributed by atoms with Gasteiger partial charge in [-0.05, 0) is 64.2 Å². The number of hydrogen-bond acceptors (Lipinski definition) is 7. The summed E-state index contributed by atoms with van der Waals surface area (Å²) in [5.74, 6) is -0.472. The van der Waals surface area contributed by atoms with Crippen LogP contribution in [0.2, 0.25) is 0 Å². The van der Waals surface area contributed by atoms with Crippen LogP contribution in [0.4, 0.5) is 0 Å². The van der Waals surface area contributed by atoms with Crippen LogP contribution in [-0.2, 0) is 18.4 Å². The van der Waals surface area contributed by atoms with Crippen molar-refractivity contribution >= 4 is 13.7 Å². The summed E-state index contributed by atoms with van der Waals surface area (Å²) in [5.41, 5.74) is 5.32. The molecule has 0 aromatic heterocycles. The molecule has 0 aromatic rings. The highest BCUT2D eigenvalue weighted by molar-refractivity contribution is 7.47. The largest absolute Gasteiger partial charge is 0.472 e. The molecule has 0 aromatic carbocycles. The van der Waals surface area contributed by atoms with Crippen molar-refractivity contribution in [3.8, 4) is 0 Å². The van der Waals surface area contributed by atoms with Crippen LogP contribution >= 0.6 is 7.82 Å². The Labute approximate surface area is 274 Å². The van der Waals surface area contributed by atoms with E-state index in [1.165, 1.54) is 44.6 Å². The molecule has 0 radical (unpaired) electrons. The van der Waals surface area contributed by atoms with Crippen LogP contribution < -0.4 is 11.1 Å². The van der Waals surface area contributed by atoms with Crippen LogP contribution in [-0.4, -0.2) is 59.0 Å². The highest BCUT2D eigenvalue weighted by atomic mass is 31.2. The number of amides is 1. The van der Waals surface area contributed by atoms with Gasteiger partial charge in [0.2, 0.25) is 5.91 Å². The fourth-order valence-corrected chi connectivity index (χ4v) is 5.32. The molecule has 4 atom stereocenters. The van der Waals surface area contributed by atoms with E-state index < -0.39 is 38.6 Å². The van der Waals surface area contributed by atoms with E-state index in [0.29, 0.717) is 12.8 Å². The number of aliphatic hydroxyl groups excluding tert-OH is 2. The highest BCUT2D eigenvalue weighted by Gasteiger charge is 2.27. The molecule has 0 spiro atoms. The molecule has 262 valence electrons. The average Bonchev–Trinajstić information content (AvgIpc) is 3.01. The molecule has 4 unspecified atom stereocenters. The molecule has 10 heteroatoms. The zero-order valence-electron chi connectivity index (χ0n) is 28.2. The van der Waals surface area contributed by atoms with Gasteiger partial charge >= 0.3 is 7.82 Å². The second-order valence-corrected chi connectivity index (χ2v) is 13.0. The number of aliphatic hydroxyl groups is 2. The van der Waals surface area contributed by atoms with Crippen molar-refractivity contribution in [3.05, 3.63) is 48.6 Å². The summed E-state index contributed by atoms with van der Waals surface area (Å²) in [6.07, 6.45) is 32.1. The van der Waals surface area contributed by atoms with Crippen LogP contribution in [0.25, 0.3) is 0 Å². The average molecular weight is 657 g/mol. The molecule has 1 amide bonds. The lowest BCUT2D eigenvalue weighted by Crippen LogP contribution is -2.46. The van der Waals surface area contributed by atoms with E-state index in [-0.39, 0.29) is 19.6 Å². The summed E-state index contributed by atoms with van der Waals surface area (Å²) >= 11 is 0. The Balaban J connectivity index is 4.54. The van der Waals surface area contributed by atoms with Gasteiger partial charge in [0.1, 0.15) is 0 Å². The summed E-state index contributed by atoms with van der Waals surface area (Å²) < 4.78 is 21.9. The van der Waals surface area contributed by atoms with E-state index in [2.05, 4.69) is 55.6 Å². The molecule has 9 nitrogen and oxygen atoms in total. The lowest BCUT2D eigenvalue weighted by molar-refractivity contribution is -0.124. The number of unbranched alkanes of at least 4 members (excludes halogenated alkanes) is 11. The minimum Gasteiger partial charge on any atom is -0.393 e. The summed E-state index contributed by atoms with van der Waals surface area (Å²) in [4.78, 5) is 22.5. The summed E-state index contributed by atoms with van der Waals surface area (Å²) in [6.45, 7) is 3.75. The molecule has 0 fully saturated rings. The topological polar surface area (TPSA) is 151 Å². The van der Waals surface area contributed by atoms with Crippen molar-refractivity contribution in [1.82, 2.24) is 5.32 Å². The molecule has 0 rings (SSSR count). The van der Waals surface area contributed by atoms with E-state index >= 15 is 0 Å². The number of carbonyl (C=O) groups is 1. The Hall–Kier alpha value is -1.58. The van der Waals surface area contributed by atoms with Crippen molar-refractivity contribution in [2.45, 2.75) is 148 Å². The maximum absolute atomic E-state index is 12.7. The molecule has 0 saturated heterocycles. The van der Waals surface area contributed by atoms with E-state index in [1.54, 1.807) is 6.08 Å². The number of nitrogens with one attached hydrogen (secondary N) is 1. The minimum absolute atomic E-state index is 0.0395. The Morgan fingerprint density at radius 1 is 0.778 bits per heavy atom. The van der Waals surface area contributed by atoms with Crippen molar-refractivity contribution in [2.75, 3.05) is 19.8 Å². The van der Waals surface area contributed by atoms with Crippen LogP contribution in [0.15, 0.2) is 48.6 Å². The van der Waals surface area contributed by atoms with Crippen LogP contribution in [0.1, 0.15) is 129 Å². The van der Waals surface area contributed by atoms with Crippen molar-refractivity contribution in [3.63, 3.8) is 0 Å². The molecule has 0 aliphatic heterocycles. The fourth-order valence-electron chi connectivity index (χ4n) is 4.56. The molecule has 0 heterocycles. The normalized spacial score (nSPS) is 15.8. The maximum Gasteiger partial charge on any atom is 0.472 e. The van der Waals surface area contributed by atoms with Crippen LogP contribution in [0, 0.1) is 0 Å².